The van der Waals surface area contributed by atoms with Crippen LogP contribution in [0.2, 0.25) is 0 Å². The Bertz CT molecular complexity index is 451. The van der Waals surface area contributed by atoms with Crippen LogP contribution in [0.5, 0.6) is 0 Å². The molecule has 1 aliphatic rings. The second-order valence-electron chi connectivity index (χ2n) is 4.82. The average molecular weight is 249 g/mol. The number of nitrogens with zero attached hydrogens (tertiary/aromatic N) is 2. The number of carbonyl (C=O) groups is 2. The van der Waals surface area contributed by atoms with E-state index in [-0.39, 0.29) is 24.4 Å². The summed E-state index contributed by atoms with van der Waals surface area (Å²) in [4.78, 5) is 25.5. The van der Waals surface area contributed by atoms with Crippen molar-refractivity contribution in [3.05, 3.63) is 24.0 Å². The van der Waals surface area contributed by atoms with Gasteiger partial charge in [-0.05, 0) is 32.4 Å². The van der Waals surface area contributed by atoms with Crippen LogP contribution >= 0.6 is 0 Å². The molecule has 1 aromatic rings. The van der Waals surface area contributed by atoms with Gasteiger partial charge in [-0.3, -0.25) is 9.59 Å². The summed E-state index contributed by atoms with van der Waals surface area (Å²) in [5.41, 5.74) is 0.653. The average Bonchev–Trinajstić information content (AvgIpc) is 2.72. The molecular formula is C13H19N3O2. The molecule has 2 amide bonds. The quantitative estimate of drug-likeness (QED) is 0.851. The number of carbonyl (C=O) groups excluding carboxylic acids is 2. The summed E-state index contributed by atoms with van der Waals surface area (Å²) < 4.78 is 1.94. The highest BCUT2D eigenvalue weighted by Crippen LogP contribution is 2.14. The Morgan fingerprint density at radius 3 is 2.94 bits per heavy atom. The Hall–Kier alpha value is -1.78. The molecule has 0 aromatic carbocycles. The molecule has 0 radical (unpaired) electrons. The van der Waals surface area contributed by atoms with Crippen LogP contribution in [0.15, 0.2) is 18.3 Å². The highest BCUT2D eigenvalue weighted by atomic mass is 16.2. The Morgan fingerprint density at radius 2 is 2.22 bits per heavy atom. The van der Waals surface area contributed by atoms with Gasteiger partial charge in [0.15, 0.2) is 0 Å². The summed E-state index contributed by atoms with van der Waals surface area (Å²) in [6.45, 7) is 5.49. The van der Waals surface area contributed by atoms with Crippen LogP contribution in [0.25, 0.3) is 0 Å². The maximum absolute atomic E-state index is 12.4. The van der Waals surface area contributed by atoms with Crippen molar-refractivity contribution in [1.29, 1.82) is 0 Å². The molecule has 0 saturated carbocycles. The first-order chi connectivity index (χ1) is 8.59. The third-order valence-corrected chi connectivity index (χ3v) is 3.10. The van der Waals surface area contributed by atoms with E-state index in [4.69, 9.17) is 0 Å². The van der Waals surface area contributed by atoms with E-state index >= 15 is 0 Å². The molecule has 18 heavy (non-hydrogen) atoms. The lowest BCUT2D eigenvalue weighted by Crippen LogP contribution is -2.38. The molecule has 0 atom stereocenters. The monoisotopic (exact) mass is 249 g/mol. The fourth-order valence-corrected chi connectivity index (χ4v) is 2.17. The van der Waals surface area contributed by atoms with Gasteiger partial charge in [-0.15, -0.1) is 0 Å². The van der Waals surface area contributed by atoms with Gasteiger partial charge in [0.1, 0.15) is 5.69 Å². The Balaban J connectivity index is 2.19. The lowest BCUT2D eigenvalue weighted by molar-refractivity contribution is -0.121. The van der Waals surface area contributed by atoms with Gasteiger partial charge < -0.3 is 14.8 Å². The van der Waals surface area contributed by atoms with Gasteiger partial charge in [0.25, 0.3) is 5.91 Å². The lowest BCUT2D eigenvalue weighted by Gasteiger charge is -2.21. The molecule has 0 aliphatic carbocycles. The topological polar surface area (TPSA) is 54.3 Å². The lowest BCUT2D eigenvalue weighted by atomic mass is 10.3. The zero-order valence-electron chi connectivity index (χ0n) is 10.8. The normalized spacial score (nSPS) is 16.6. The molecule has 98 valence electrons. The van der Waals surface area contributed by atoms with Crippen LogP contribution in [0, 0.1) is 0 Å². The summed E-state index contributed by atoms with van der Waals surface area (Å²) in [7, 11) is 0. The van der Waals surface area contributed by atoms with Crippen LogP contribution in [0.1, 0.15) is 36.8 Å². The van der Waals surface area contributed by atoms with Crippen LogP contribution in [0.3, 0.4) is 0 Å². The maximum atomic E-state index is 12.4. The van der Waals surface area contributed by atoms with Crippen molar-refractivity contribution >= 4 is 11.8 Å². The first-order valence-corrected chi connectivity index (χ1v) is 6.32. The van der Waals surface area contributed by atoms with Crippen molar-refractivity contribution in [3.8, 4) is 0 Å². The first-order valence-electron chi connectivity index (χ1n) is 6.32. The molecular weight excluding hydrogens is 230 g/mol. The van der Waals surface area contributed by atoms with E-state index < -0.39 is 0 Å². The number of hydrogen-bond acceptors (Lipinski definition) is 2. The van der Waals surface area contributed by atoms with Crippen LogP contribution in [-0.2, 0) is 4.79 Å². The van der Waals surface area contributed by atoms with Crippen molar-refractivity contribution in [1.82, 2.24) is 14.8 Å². The van der Waals surface area contributed by atoms with E-state index in [1.807, 2.05) is 36.7 Å². The third kappa shape index (κ3) is 2.55. The first kappa shape index (κ1) is 12.7. The van der Waals surface area contributed by atoms with Gasteiger partial charge in [-0.25, -0.2) is 0 Å². The smallest absolute Gasteiger partial charge is 0.270 e. The second kappa shape index (κ2) is 5.25. The van der Waals surface area contributed by atoms with E-state index in [0.29, 0.717) is 18.8 Å². The molecule has 0 spiro atoms. The minimum atomic E-state index is -0.0801. The molecule has 5 nitrogen and oxygen atoms in total. The predicted octanol–water partition coefficient (Wildman–Crippen LogP) is 1.03. The fourth-order valence-electron chi connectivity index (χ4n) is 2.17. The standard InChI is InChI=1S/C13H19N3O2/c1-10(2)16-8-3-5-11(16)13(18)15-7-4-6-14-12(17)9-15/h3,5,8,10H,4,6-7,9H2,1-2H3,(H,14,17). The summed E-state index contributed by atoms with van der Waals surface area (Å²) in [6.07, 6.45) is 2.70. The van der Waals surface area contributed by atoms with Crippen LogP contribution in [-0.4, -0.2) is 40.9 Å². The number of aromatic nitrogens is 1. The van der Waals surface area contributed by atoms with Gasteiger partial charge in [-0.1, -0.05) is 0 Å². The van der Waals surface area contributed by atoms with Crippen molar-refractivity contribution in [2.45, 2.75) is 26.3 Å². The largest absolute Gasteiger partial charge is 0.354 e. The Morgan fingerprint density at radius 1 is 1.44 bits per heavy atom. The number of amides is 2. The number of rotatable bonds is 2. The molecule has 1 aromatic heterocycles. The van der Waals surface area contributed by atoms with Gasteiger partial charge >= 0.3 is 0 Å². The van der Waals surface area contributed by atoms with E-state index in [1.54, 1.807) is 4.90 Å². The Labute approximate surface area is 107 Å². The molecule has 2 rings (SSSR count). The van der Waals surface area contributed by atoms with Gasteiger partial charge in [-0.2, -0.15) is 0 Å². The summed E-state index contributed by atoms with van der Waals surface area (Å²) in [6, 6.07) is 3.91. The molecule has 0 bridgehead atoms. The fraction of sp³-hybridized carbons (Fsp3) is 0.538. The number of nitrogens with one attached hydrogen (secondary N) is 1. The van der Waals surface area contributed by atoms with Gasteiger partial charge in [0.05, 0.1) is 6.54 Å². The van der Waals surface area contributed by atoms with Gasteiger partial charge in [0.2, 0.25) is 5.91 Å². The van der Waals surface area contributed by atoms with E-state index in [1.165, 1.54) is 0 Å². The van der Waals surface area contributed by atoms with E-state index in [2.05, 4.69) is 5.32 Å². The van der Waals surface area contributed by atoms with Crippen LogP contribution in [0.4, 0.5) is 0 Å². The molecule has 1 fully saturated rings. The van der Waals surface area contributed by atoms with Crippen molar-refractivity contribution in [2.24, 2.45) is 0 Å². The highest BCUT2D eigenvalue weighted by Gasteiger charge is 2.23. The van der Waals surface area contributed by atoms with Crippen molar-refractivity contribution < 1.29 is 9.59 Å². The minimum absolute atomic E-state index is 0.0641. The molecule has 1 N–H and O–H groups in total. The molecule has 1 aliphatic heterocycles. The molecule has 0 unspecified atom stereocenters. The van der Waals surface area contributed by atoms with Crippen LogP contribution < -0.4 is 5.32 Å². The zero-order chi connectivity index (χ0) is 13.1. The third-order valence-electron chi connectivity index (χ3n) is 3.10. The predicted molar refractivity (Wildman–Crippen MR) is 68.3 cm³/mol. The SMILES string of the molecule is CC(C)n1cccc1C(=O)N1CCCNC(=O)C1. The van der Waals surface area contributed by atoms with Gasteiger partial charge in [0, 0.05) is 25.3 Å². The summed E-state index contributed by atoms with van der Waals surface area (Å²) >= 11 is 0. The summed E-state index contributed by atoms with van der Waals surface area (Å²) in [5, 5.41) is 2.77. The highest BCUT2D eigenvalue weighted by molar-refractivity contribution is 5.95. The zero-order valence-corrected chi connectivity index (χ0v) is 10.8. The van der Waals surface area contributed by atoms with E-state index in [0.717, 1.165) is 6.42 Å². The molecule has 1 saturated heterocycles. The van der Waals surface area contributed by atoms with Crippen molar-refractivity contribution in [2.75, 3.05) is 19.6 Å². The molecule has 2 heterocycles. The summed E-state index contributed by atoms with van der Waals surface area (Å²) in [5.74, 6) is -0.144. The minimum Gasteiger partial charge on any atom is -0.354 e. The Kier molecular flexibility index (Phi) is 3.69. The van der Waals surface area contributed by atoms with E-state index in [9.17, 15) is 9.59 Å². The molecule has 5 heteroatoms. The second-order valence-corrected chi connectivity index (χ2v) is 4.82. The number of hydrogen-bond donors (Lipinski definition) is 1. The maximum Gasteiger partial charge on any atom is 0.270 e. The van der Waals surface area contributed by atoms with Crippen molar-refractivity contribution in [3.63, 3.8) is 0 Å².